The Balaban J connectivity index is 1.77. The molecule has 0 unspecified atom stereocenters. The van der Waals surface area contributed by atoms with E-state index in [4.69, 9.17) is 11.6 Å². The first kappa shape index (κ1) is 20.2. The number of benzene rings is 2. The van der Waals surface area contributed by atoms with Gasteiger partial charge < -0.3 is 0 Å². The zero-order valence-corrected chi connectivity index (χ0v) is 17.4. The number of rotatable bonds is 4. The van der Waals surface area contributed by atoms with Crippen LogP contribution in [-0.2, 0) is 10.1 Å². The lowest BCUT2D eigenvalue weighted by molar-refractivity contribution is 0.483. The van der Waals surface area contributed by atoms with Crippen LogP contribution in [0.2, 0.25) is 5.02 Å². The second kappa shape index (κ2) is 7.95. The van der Waals surface area contributed by atoms with Crippen molar-refractivity contribution in [2.75, 3.05) is 0 Å². The zero-order valence-electron chi connectivity index (χ0n) is 15.8. The molecule has 4 rings (SSSR count). The molecule has 2 aromatic heterocycles. The highest BCUT2D eigenvalue weighted by molar-refractivity contribution is 7.85. The molecule has 2 aromatic carbocycles. The SMILES string of the molecule is Cc1cc(-c2ccc(Cl)cc2)nc(-c2ccnc(-c3cccc(S(=O)(=O)O)c3)c2)n1. The Kier molecular flexibility index (Phi) is 5.34. The quantitative estimate of drug-likeness (QED) is 0.447. The van der Waals surface area contributed by atoms with Gasteiger partial charge in [-0.25, -0.2) is 9.97 Å². The highest BCUT2D eigenvalue weighted by Crippen LogP contribution is 2.27. The molecule has 4 aromatic rings. The third kappa shape index (κ3) is 4.38. The Morgan fingerprint density at radius 3 is 2.33 bits per heavy atom. The van der Waals surface area contributed by atoms with Crippen molar-refractivity contribution in [1.82, 2.24) is 15.0 Å². The average molecular weight is 438 g/mol. The molecule has 0 fully saturated rings. The van der Waals surface area contributed by atoms with E-state index >= 15 is 0 Å². The minimum absolute atomic E-state index is 0.191. The molecule has 0 saturated carbocycles. The maximum absolute atomic E-state index is 11.4. The molecule has 2 heterocycles. The van der Waals surface area contributed by atoms with E-state index in [1.807, 2.05) is 25.1 Å². The molecule has 0 amide bonds. The van der Waals surface area contributed by atoms with Gasteiger partial charge in [-0.1, -0.05) is 35.9 Å². The van der Waals surface area contributed by atoms with Crippen molar-refractivity contribution in [1.29, 1.82) is 0 Å². The summed E-state index contributed by atoms with van der Waals surface area (Å²) in [6, 6.07) is 18.8. The summed E-state index contributed by atoms with van der Waals surface area (Å²) in [7, 11) is -4.30. The van der Waals surface area contributed by atoms with E-state index in [9.17, 15) is 13.0 Å². The van der Waals surface area contributed by atoms with Crippen molar-refractivity contribution in [2.45, 2.75) is 11.8 Å². The van der Waals surface area contributed by atoms with Gasteiger partial charge in [0, 0.05) is 33.6 Å². The van der Waals surface area contributed by atoms with Crippen molar-refractivity contribution < 1.29 is 13.0 Å². The van der Waals surface area contributed by atoms with E-state index in [-0.39, 0.29) is 4.90 Å². The second-order valence-corrected chi connectivity index (χ2v) is 8.52. The molecule has 8 heteroatoms. The van der Waals surface area contributed by atoms with Crippen LogP contribution in [0.3, 0.4) is 0 Å². The number of aryl methyl sites for hydroxylation is 1. The second-order valence-electron chi connectivity index (χ2n) is 6.66. The van der Waals surface area contributed by atoms with Crippen molar-refractivity contribution in [3.8, 4) is 33.9 Å². The number of halogens is 1. The van der Waals surface area contributed by atoms with Gasteiger partial charge in [-0.05, 0) is 49.4 Å². The van der Waals surface area contributed by atoms with Crippen LogP contribution in [0.1, 0.15) is 5.69 Å². The van der Waals surface area contributed by atoms with E-state index in [1.165, 1.54) is 12.1 Å². The van der Waals surface area contributed by atoms with Crippen molar-refractivity contribution in [3.63, 3.8) is 0 Å². The molecule has 0 aliphatic carbocycles. The number of nitrogens with zero attached hydrogens (tertiary/aromatic N) is 3. The molecule has 0 aliphatic rings. The van der Waals surface area contributed by atoms with Gasteiger partial charge in [0.15, 0.2) is 5.82 Å². The minimum Gasteiger partial charge on any atom is -0.282 e. The molecule has 0 atom stereocenters. The van der Waals surface area contributed by atoms with E-state index in [1.54, 1.807) is 42.6 Å². The lowest BCUT2D eigenvalue weighted by atomic mass is 10.1. The van der Waals surface area contributed by atoms with Crippen LogP contribution in [0.5, 0.6) is 0 Å². The van der Waals surface area contributed by atoms with Gasteiger partial charge >= 0.3 is 0 Å². The van der Waals surface area contributed by atoms with E-state index in [0.717, 1.165) is 22.5 Å². The first-order valence-corrected chi connectivity index (χ1v) is 10.8. The Hall–Kier alpha value is -3.13. The predicted octanol–water partition coefficient (Wildman–Crippen LogP) is 5.08. The highest BCUT2D eigenvalue weighted by Gasteiger charge is 2.13. The fourth-order valence-corrected chi connectivity index (χ4v) is 3.66. The van der Waals surface area contributed by atoms with Gasteiger partial charge in [0.2, 0.25) is 0 Å². The lowest BCUT2D eigenvalue weighted by Crippen LogP contribution is -1.98. The Bertz CT molecular complexity index is 1340. The van der Waals surface area contributed by atoms with Crippen LogP contribution in [0, 0.1) is 6.92 Å². The van der Waals surface area contributed by atoms with Gasteiger partial charge in [-0.15, -0.1) is 0 Å². The van der Waals surface area contributed by atoms with Crippen LogP contribution in [0.4, 0.5) is 0 Å². The largest absolute Gasteiger partial charge is 0.294 e. The summed E-state index contributed by atoms with van der Waals surface area (Å²) in [6.07, 6.45) is 1.61. The molecule has 30 heavy (non-hydrogen) atoms. The van der Waals surface area contributed by atoms with Crippen LogP contribution >= 0.6 is 11.6 Å². The molecule has 0 aliphatic heterocycles. The predicted molar refractivity (Wildman–Crippen MR) is 116 cm³/mol. The summed E-state index contributed by atoms with van der Waals surface area (Å²) in [5.41, 5.74) is 4.31. The summed E-state index contributed by atoms with van der Waals surface area (Å²) in [5, 5.41) is 0.649. The standard InChI is InChI=1S/C22H16ClN3O3S/c1-14-11-21(15-5-7-18(23)8-6-15)26-22(25-14)17-9-10-24-20(13-17)16-3-2-4-19(12-16)30(27,28)29/h2-13H,1H3,(H,27,28,29). The third-order valence-corrected chi connectivity index (χ3v) is 5.54. The zero-order chi connectivity index (χ0) is 21.3. The number of hydrogen-bond donors (Lipinski definition) is 1. The van der Waals surface area contributed by atoms with Crippen molar-refractivity contribution in [3.05, 3.63) is 83.6 Å². The Morgan fingerprint density at radius 2 is 1.60 bits per heavy atom. The first-order valence-electron chi connectivity index (χ1n) is 8.95. The minimum atomic E-state index is -4.30. The van der Waals surface area contributed by atoms with Gasteiger partial charge in [0.1, 0.15) is 0 Å². The molecular weight excluding hydrogens is 422 g/mol. The van der Waals surface area contributed by atoms with Crippen molar-refractivity contribution >= 4 is 21.7 Å². The Morgan fingerprint density at radius 1 is 0.833 bits per heavy atom. The van der Waals surface area contributed by atoms with Gasteiger partial charge in [-0.3, -0.25) is 9.54 Å². The Labute approximate surface area is 179 Å². The van der Waals surface area contributed by atoms with Crippen LogP contribution in [-0.4, -0.2) is 27.9 Å². The molecule has 150 valence electrons. The van der Waals surface area contributed by atoms with Crippen LogP contribution in [0.15, 0.2) is 77.8 Å². The average Bonchev–Trinajstić information content (AvgIpc) is 2.73. The molecule has 1 N–H and O–H groups in total. The van der Waals surface area contributed by atoms with Gasteiger partial charge in [-0.2, -0.15) is 8.42 Å². The topological polar surface area (TPSA) is 93.0 Å². The molecule has 0 radical (unpaired) electrons. The summed E-state index contributed by atoms with van der Waals surface area (Å²) in [4.78, 5) is 13.3. The summed E-state index contributed by atoms with van der Waals surface area (Å²) in [5.74, 6) is 0.523. The molecule has 0 spiro atoms. The van der Waals surface area contributed by atoms with E-state index in [2.05, 4.69) is 15.0 Å². The van der Waals surface area contributed by atoms with Gasteiger partial charge in [0.05, 0.1) is 16.3 Å². The molecular formula is C22H16ClN3O3S. The summed E-state index contributed by atoms with van der Waals surface area (Å²) in [6.45, 7) is 1.89. The maximum atomic E-state index is 11.4. The fraction of sp³-hybridized carbons (Fsp3) is 0.0455. The first-order chi connectivity index (χ1) is 14.3. The van der Waals surface area contributed by atoms with E-state index in [0.29, 0.717) is 22.1 Å². The third-order valence-electron chi connectivity index (χ3n) is 4.44. The highest BCUT2D eigenvalue weighted by atomic mass is 35.5. The van der Waals surface area contributed by atoms with Crippen LogP contribution < -0.4 is 0 Å². The smallest absolute Gasteiger partial charge is 0.282 e. The molecule has 0 bridgehead atoms. The number of hydrogen-bond acceptors (Lipinski definition) is 5. The van der Waals surface area contributed by atoms with Crippen molar-refractivity contribution in [2.24, 2.45) is 0 Å². The van der Waals surface area contributed by atoms with Gasteiger partial charge in [0.25, 0.3) is 10.1 Å². The normalized spacial score (nSPS) is 11.4. The molecule has 6 nitrogen and oxygen atoms in total. The number of pyridine rings is 1. The van der Waals surface area contributed by atoms with Crippen LogP contribution in [0.25, 0.3) is 33.9 Å². The fourth-order valence-electron chi connectivity index (χ4n) is 3.01. The summed E-state index contributed by atoms with van der Waals surface area (Å²) < 4.78 is 32.2. The maximum Gasteiger partial charge on any atom is 0.294 e. The number of aromatic nitrogens is 3. The monoisotopic (exact) mass is 437 g/mol. The summed E-state index contributed by atoms with van der Waals surface area (Å²) >= 11 is 5.98. The molecule has 0 saturated heterocycles. The lowest BCUT2D eigenvalue weighted by Gasteiger charge is -2.08. The van der Waals surface area contributed by atoms with E-state index < -0.39 is 10.1 Å².